The highest BCUT2D eigenvalue weighted by Gasteiger charge is 2.17. The van der Waals surface area contributed by atoms with Crippen LogP contribution in [0.2, 0.25) is 0 Å². The van der Waals surface area contributed by atoms with E-state index in [-0.39, 0.29) is 12.1 Å². The van der Waals surface area contributed by atoms with E-state index < -0.39 is 36.1 Å². The fourth-order valence-corrected chi connectivity index (χ4v) is 2.67. The lowest BCUT2D eigenvalue weighted by Gasteiger charge is -2.19. The van der Waals surface area contributed by atoms with Gasteiger partial charge in [0.15, 0.2) is 6.61 Å². The number of aryl methyl sites for hydroxylation is 1. The third-order valence-corrected chi connectivity index (χ3v) is 4.40. The average Bonchev–Trinajstić information content (AvgIpc) is 2.72. The molecule has 0 unspecified atom stereocenters. The molecule has 3 N–H and O–H groups in total. The predicted octanol–water partition coefficient (Wildman–Crippen LogP) is 3.56. The molecular formula is C24H29N3O6. The highest BCUT2D eigenvalue weighted by molar-refractivity contribution is 5.96. The zero-order valence-electron chi connectivity index (χ0n) is 19.4. The summed E-state index contributed by atoms with van der Waals surface area (Å²) in [6, 6.07) is 11.6. The Kier molecular flexibility index (Phi) is 8.56. The number of hydrogen-bond donors (Lipinski definition) is 3. The topological polar surface area (TPSA) is 123 Å². The minimum atomic E-state index is -0.752. The van der Waals surface area contributed by atoms with Crippen molar-refractivity contribution in [2.24, 2.45) is 0 Å². The lowest BCUT2D eigenvalue weighted by molar-refractivity contribution is -0.126. The fourth-order valence-electron chi connectivity index (χ4n) is 2.67. The van der Waals surface area contributed by atoms with Gasteiger partial charge in [0.1, 0.15) is 5.60 Å². The van der Waals surface area contributed by atoms with Gasteiger partial charge in [0, 0.05) is 11.4 Å². The Labute approximate surface area is 192 Å². The molecule has 0 aromatic heterocycles. The first-order chi connectivity index (χ1) is 15.4. The summed E-state index contributed by atoms with van der Waals surface area (Å²) in [4.78, 5) is 48.1. The number of amides is 3. The largest absolute Gasteiger partial charge is 0.452 e. The molecule has 9 nitrogen and oxygen atoms in total. The standard InChI is InChI=1S/C24H29N3O6/c1-15-8-6-11-19(16(15)2)27-20(28)13-25-21(29)14-32-22(30)17-9-7-10-18(12-17)26-23(31)33-24(3,4)5/h6-12H,13-14H2,1-5H3,(H,25,29)(H,26,31)(H,27,28). The van der Waals surface area contributed by atoms with Gasteiger partial charge in [-0.25, -0.2) is 9.59 Å². The number of ether oxygens (including phenoxy) is 2. The molecule has 0 heterocycles. The number of carbonyl (C=O) groups is 4. The first-order valence-corrected chi connectivity index (χ1v) is 10.3. The van der Waals surface area contributed by atoms with Crippen molar-refractivity contribution in [1.82, 2.24) is 5.32 Å². The van der Waals surface area contributed by atoms with Crippen molar-refractivity contribution < 1.29 is 28.7 Å². The summed E-state index contributed by atoms with van der Waals surface area (Å²) in [5.41, 5.74) is 2.46. The Morgan fingerprint density at radius 2 is 1.61 bits per heavy atom. The third-order valence-electron chi connectivity index (χ3n) is 4.40. The van der Waals surface area contributed by atoms with Crippen LogP contribution in [0.3, 0.4) is 0 Å². The molecule has 2 aromatic carbocycles. The van der Waals surface area contributed by atoms with E-state index in [4.69, 9.17) is 9.47 Å². The summed E-state index contributed by atoms with van der Waals surface area (Å²) < 4.78 is 10.2. The van der Waals surface area contributed by atoms with Gasteiger partial charge in [-0.3, -0.25) is 14.9 Å². The lowest BCUT2D eigenvalue weighted by Crippen LogP contribution is -2.35. The molecule has 0 atom stereocenters. The zero-order chi connectivity index (χ0) is 24.6. The highest BCUT2D eigenvalue weighted by Crippen LogP contribution is 2.17. The van der Waals surface area contributed by atoms with Crippen LogP contribution < -0.4 is 16.0 Å². The molecule has 0 fully saturated rings. The van der Waals surface area contributed by atoms with E-state index in [1.165, 1.54) is 12.1 Å². The Morgan fingerprint density at radius 3 is 2.30 bits per heavy atom. The minimum absolute atomic E-state index is 0.143. The number of rotatable bonds is 7. The SMILES string of the molecule is Cc1cccc(NC(=O)CNC(=O)COC(=O)c2cccc(NC(=O)OC(C)(C)C)c2)c1C. The number of esters is 1. The van der Waals surface area contributed by atoms with Crippen LogP contribution in [0.15, 0.2) is 42.5 Å². The maximum Gasteiger partial charge on any atom is 0.412 e. The van der Waals surface area contributed by atoms with Gasteiger partial charge in [-0.15, -0.1) is 0 Å². The van der Waals surface area contributed by atoms with Crippen LogP contribution >= 0.6 is 0 Å². The van der Waals surface area contributed by atoms with Gasteiger partial charge in [0.2, 0.25) is 5.91 Å². The van der Waals surface area contributed by atoms with Crippen LogP contribution in [0.4, 0.5) is 16.2 Å². The number of benzene rings is 2. The first kappa shape index (κ1) is 25.4. The molecule has 176 valence electrons. The predicted molar refractivity (Wildman–Crippen MR) is 124 cm³/mol. The normalized spacial score (nSPS) is 10.7. The van der Waals surface area contributed by atoms with Crippen molar-refractivity contribution in [2.45, 2.75) is 40.2 Å². The molecule has 0 saturated carbocycles. The lowest BCUT2D eigenvalue weighted by atomic mass is 10.1. The molecule has 0 aliphatic heterocycles. The van der Waals surface area contributed by atoms with E-state index in [0.717, 1.165) is 11.1 Å². The average molecular weight is 456 g/mol. The first-order valence-electron chi connectivity index (χ1n) is 10.3. The highest BCUT2D eigenvalue weighted by atomic mass is 16.6. The van der Waals surface area contributed by atoms with Crippen molar-refractivity contribution in [1.29, 1.82) is 0 Å². The zero-order valence-corrected chi connectivity index (χ0v) is 19.4. The number of carbonyl (C=O) groups excluding carboxylic acids is 4. The van der Waals surface area contributed by atoms with E-state index in [1.54, 1.807) is 39.0 Å². The van der Waals surface area contributed by atoms with Crippen LogP contribution in [-0.2, 0) is 19.1 Å². The van der Waals surface area contributed by atoms with Gasteiger partial charge in [-0.2, -0.15) is 0 Å². The van der Waals surface area contributed by atoms with E-state index in [0.29, 0.717) is 11.4 Å². The molecule has 2 rings (SSSR count). The number of nitrogens with one attached hydrogen (secondary N) is 3. The Balaban J connectivity index is 1.80. The maximum atomic E-state index is 12.2. The monoisotopic (exact) mass is 455 g/mol. The van der Waals surface area contributed by atoms with Crippen LogP contribution in [0.1, 0.15) is 42.3 Å². The molecular weight excluding hydrogens is 426 g/mol. The van der Waals surface area contributed by atoms with Crippen molar-refractivity contribution in [2.75, 3.05) is 23.8 Å². The molecule has 0 aliphatic carbocycles. The molecule has 2 aromatic rings. The Morgan fingerprint density at radius 1 is 0.909 bits per heavy atom. The van der Waals surface area contributed by atoms with E-state index in [2.05, 4.69) is 16.0 Å². The van der Waals surface area contributed by atoms with Crippen LogP contribution in [0.25, 0.3) is 0 Å². The molecule has 9 heteroatoms. The van der Waals surface area contributed by atoms with Crippen molar-refractivity contribution in [3.8, 4) is 0 Å². The molecule has 0 radical (unpaired) electrons. The number of hydrogen-bond acceptors (Lipinski definition) is 6. The smallest absolute Gasteiger partial charge is 0.412 e. The summed E-state index contributed by atoms with van der Waals surface area (Å²) in [5.74, 6) is -1.77. The van der Waals surface area contributed by atoms with Gasteiger partial charge in [-0.05, 0) is 70.0 Å². The second-order valence-electron chi connectivity index (χ2n) is 8.36. The fraction of sp³-hybridized carbons (Fsp3) is 0.333. The Hall–Kier alpha value is -3.88. The molecule has 3 amide bonds. The molecule has 0 saturated heterocycles. The van der Waals surface area contributed by atoms with E-state index in [1.807, 2.05) is 26.0 Å². The van der Waals surface area contributed by atoms with E-state index >= 15 is 0 Å². The van der Waals surface area contributed by atoms with Crippen molar-refractivity contribution >= 4 is 35.3 Å². The van der Waals surface area contributed by atoms with Gasteiger partial charge >= 0.3 is 12.1 Å². The van der Waals surface area contributed by atoms with Crippen molar-refractivity contribution in [3.63, 3.8) is 0 Å². The minimum Gasteiger partial charge on any atom is -0.452 e. The summed E-state index contributed by atoms with van der Waals surface area (Å²) >= 11 is 0. The van der Waals surface area contributed by atoms with Gasteiger partial charge < -0.3 is 20.1 Å². The van der Waals surface area contributed by atoms with Gasteiger partial charge in [0.05, 0.1) is 12.1 Å². The van der Waals surface area contributed by atoms with Crippen LogP contribution in [0, 0.1) is 13.8 Å². The number of anilines is 2. The van der Waals surface area contributed by atoms with Gasteiger partial charge in [0.25, 0.3) is 5.91 Å². The maximum absolute atomic E-state index is 12.2. The van der Waals surface area contributed by atoms with Crippen molar-refractivity contribution in [3.05, 3.63) is 59.2 Å². The molecule has 0 bridgehead atoms. The third kappa shape index (κ3) is 8.64. The Bertz CT molecular complexity index is 1040. The van der Waals surface area contributed by atoms with Crippen LogP contribution in [-0.4, -0.2) is 42.6 Å². The summed E-state index contributed by atoms with van der Waals surface area (Å²) in [7, 11) is 0. The summed E-state index contributed by atoms with van der Waals surface area (Å²) in [6.45, 7) is 8.21. The summed E-state index contributed by atoms with van der Waals surface area (Å²) in [5, 5.41) is 7.65. The second-order valence-corrected chi connectivity index (χ2v) is 8.36. The molecule has 33 heavy (non-hydrogen) atoms. The second kappa shape index (κ2) is 11.1. The van der Waals surface area contributed by atoms with E-state index in [9.17, 15) is 19.2 Å². The van der Waals surface area contributed by atoms with Gasteiger partial charge in [-0.1, -0.05) is 18.2 Å². The quantitative estimate of drug-likeness (QED) is 0.549. The molecule has 0 aliphatic rings. The summed E-state index contributed by atoms with van der Waals surface area (Å²) in [6.07, 6.45) is -0.661. The van der Waals surface area contributed by atoms with Crippen LogP contribution in [0.5, 0.6) is 0 Å². The molecule has 0 spiro atoms.